The lowest BCUT2D eigenvalue weighted by atomic mass is 10.1. The van der Waals surface area contributed by atoms with Crippen molar-refractivity contribution in [2.75, 3.05) is 26.2 Å². The lowest BCUT2D eigenvalue weighted by Crippen LogP contribution is -2.21. The predicted molar refractivity (Wildman–Crippen MR) is 62.4 cm³/mol. The van der Waals surface area contributed by atoms with Crippen LogP contribution in [0, 0.1) is 5.92 Å². The average Bonchev–Trinajstić information content (AvgIpc) is 2.65. The van der Waals surface area contributed by atoms with E-state index in [1.165, 1.54) is 58.2 Å². The molecule has 1 aliphatic heterocycles. The van der Waals surface area contributed by atoms with Crippen LogP contribution in [0.5, 0.6) is 0 Å². The zero-order chi connectivity index (χ0) is 10.2. The van der Waals surface area contributed by atoms with Gasteiger partial charge in [0.25, 0.3) is 0 Å². The van der Waals surface area contributed by atoms with Gasteiger partial charge < -0.3 is 10.6 Å². The number of unbranched alkanes of at least 4 members (excludes halogenated alkanes) is 3. The second kappa shape index (κ2) is 7.24. The molecule has 2 nitrogen and oxygen atoms in total. The summed E-state index contributed by atoms with van der Waals surface area (Å²) >= 11 is 0. The Morgan fingerprint density at radius 2 is 2.00 bits per heavy atom. The number of hydrogen-bond acceptors (Lipinski definition) is 2. The van der Waals surface area contributed by atoms with Crippen molar-refractivity contribution in [3.8, 4) is 0 Å². The summed E-state index contributed by atoms with van der Waals surface area (Å²) in [7, 11) is 0. The molecule has 1 unspecified atom stereocenters. The molecule has 0 aromatic heterocycles. The number of rotatable bonds is 7. The van der Waals surface area contributed by atoms with Gasteiger partial charge in [-0.05, 0) is 44.8 Å². The third-order valence-electron chi connectivity index (χ3n) is 3.38. The fourth-order valence-electron chi connectivity index (χ4n) is 2.28. The first-order valence-electron chi connectivity index (χ1n) is 6.29. The van der Waals surface area contributed by atoms with E-state index < -0.39 is 0 Å². The summed E-state index contributed by atoms with van der Waals surface area (Å²) in [6.07, 6.45) is 8.06. The smallest absolute Gasteiger partial charge is 0.00100 e. The van der Waals surface area contributed by atoms with Crippen LogP contribution in [0.1, 0.15) is 45.4 Å². The van der Waals surface area contributed by atoms with Gasteiger partial charge in [-0.2, -0.15) is 0 Å². The van der Waals surface area contributed by atoms with Gasteiger partial charge in [-0.15, -0.1) is 0 Å². The van der Waals surface area contributed by atoms with Gasteiger partial charge in [0.05, 0.1) is 0 Å². The van der Waals surface area contributed by atoms with Gasteiger partial charge in [-0.3, -0.25) is 0 Å². The van der Waals surface area contributed by atoms with E-state index >= 15 is 0 Å². The minimum Gasteiger partial charge on any atom is -0.330 e. The van der Waals surface area contributed by atoms with Gasteiger partial charge in [-0.1, -0.05) is 26.2 Å². The van der Waals surface area contributed by atoms with Crippen LogP contribution >= 0.6 is 0 Å². The molecular formula is C12H26N2. The lowest BCUT2D eigenvalue weighted by Gasteiger charge is -2.15. The Morgan fingerprint density at radius 3 is 2.64 bits per heavy atom. The van der Waals surface area contributed by atoms with Gasteiger partial charge >= 0.3 is 0 Å². The Hall–Kier alpha value is -0.0800. The molecule has 2 heteroatoms. The molecule has 0 aliphatic carbocycles. The fraction of sp³-hybridized carbons (Fsp3) is 1.00. The molecule has 1 heterocycles. The van der Waals surface area contributed by atoms with E-state index in [2.05, 4.69) is 11.8 Å². The number of nitrogens with zero attached hydrogens (tertiary/aromatic N) is 1. The highest BCUT2D eigenvalue weighted by Crippen LogP contribution is 2.19. The maximum atomic E-state index is 5.46. The first-order chi connectivity index (χ1) is 6.86. The Balaban J connectivity index is 1.92. The van der Waals surface area contributed by atoms with E-state index in [1.807, 2.05) is 0 Å². The number of hydrogen-bond donors (Lipinski definition) is 1. The molecule has 0 radical (unpaired) electrons. The third kappa shape index (κ3) is 4.43. The monoisotopic (exact) mass is 198 g/mol. The highest BCUT2D eigenvalue weighted by atomic mass is 15.1. The maximum Gasteiger partial charge on any atom is 0.00100 e. The van der Waals surface area contributed by atoms with Gasteiger partial charge in [0.2, 0.25) is 0 Å². The van der Waals surface area contributed by atoms with Crippen LogP contribution in [-0.4, -0.2) is 31.1 Å². The zero-order valence-corrected chi connectivity index (χ0v) is 9.67. The van der Waals surface area contributed by atoms with E-state index in [1.54, 1.807) is 0 Å². The zero-order valence-electron chi connectivity index (χ0n) is 9.67. The van der Waals surface area contributed by atoms with Crippen molar-refractivity contribution in [1.29, 1.82) is 0 Å². The Kier molecular flexibility index (Phi) is 6.20. The molecule has 1 saturated heterocycles. The first kappa shape index (κ1) is 12.0. The van der Waals surface area contributed by atoms with Crippen LogP contribution in [0.15, 0.2) is 0 Å². The quantitative estimate of drug-likeness (QED) is 0.636. The lowest BCUT2D eigenvalue weighted by molar-refractivity contribution is 0.313. The fourth-order valence-corrected chi connectivity index (χ4v) is 2.28. The van der Waals surface area contributed by atoms with Crippen LogP contribution in [-0.2, 0) is 0 Å². The van der Waals surface area contributed by atoms with E-state index in [9.17, 15) is 0 Å². The van der Waals surface area contributed by atoms with Crippen molar-refractivity contribution in [1.82, 2.24) is 4.90 Å². The van der Waals surface area contributed by atoms with Crippen molar-refractivity contribution in [2.24, 2.45) is 11.7 Å². The molecule has 0 amide bonds. The predicted octanol–water partition coefficient (Wildman–Crippen LogP) is 2.24. The number of nitrogens with two attached hydrogens (primary N) is 1. The molecule has 0 aromatic rings. The summed E-state index contributed by atoms with van der Waals surface area (Å²) in [5.74, 6) is 0.985. The molecule has 2 N–H and O–H groups in total. The van der Waals surface area contributed by atoms with Gasteiger partial charge in [0.15, 0.2) is 0 Å². The molecular weight excluding hydrogens is 172 g/mol. The Bertz CT molecular complexity index is 136. The van der Waals surface area contributed by atoms with Crippen LogP contribution in [0.4, 0.5) is 0 Å². The molecule has 14 heavy (non-hydrogen) atoms. The summed E-state index contributed by atoms with van der Waals surface area (Å²) in [4.78, 5) is 2.64. The molecule has 1 rings (SSSR count). The molecule has 1 atom stereocenters. The highest BCUT2D eigenvalue weighted by molar-refractivity contribution is 4.74. The Morgan fingerprint density at radius 1 is 1.21 bits per heavy atom. The van der Waals surface area contributed by atoms with Crippen molar-refractivity contribution < 1.29 is 0 Å². The van der Waals surface area contributed by atoms with E-state index in [4.69, 9.17) is 5.73 Å². The summed E-state index contributed by atoms with van der Waals surface area (Å²) in [5.41, 5.74) is 5.46. The van der Waals surface area contributed by atoms with Crippen molar-refractivity contribution in [3.63, 3.8) is 0 Å². The molecule has 0 bridgehead atoms. The van der Waals surface area contributed by atoms with Gasteiger partial charge in [0.1, 0.15) is 0 Å². The topological polar surface area (TPSA) is 29.3 Å². The molecule has 0 aromatic carbocycles. The minimum atomic E-state index is 0.863. The molecule has 1 fully saturated rings. The maximum absolute atomic E-state index is 5.46. The first-order valence-corrected chi connectivity index (χ1v) is 6.29. The normalized spacial score (nSPS) is 23.1. The summed E-state index contributed by atoms with van der Waals surface area (Å²) < 4.78 is 0. The van der Waals surface area contributed by atoms with Crippen LogP contribution in [0.25, 0.3) is 0 Å². The molecule has 0 spiro atoms. The third-order valence-corrected chi connectivity index (χ3v) is 3.38. The number of likely N-dealkylation sites (tertiary alicyclic amines) is 1. The SMILES string of the molecule is CCC1CCN(CCCCCCN)C1. The largest absolute Gasteiger partial charge is 0.330 e. The van der Waals surface area contributed by atoms with E-state index in [0.717, 1.165) is 12.5 Å². The van der Waals surface area contributed by atoms with Crippen LogP contribution in [0.3, 0.4) is 0 Å². The molecule has 84 valence electrons. The minimum absolute atomic E-state index is 0.863. The molecule has 0 saturated carbocycles. The van der Waals surface area contributed by atoms with Crippen LogP contribution < -0.4 is 5.73 Å². The summed E-state index contributed by atoms with van der Waals surface area (Å²) in [6.45, 7) is 7.20. The molecule has 1 aliphatic rings. The highest BCUT2D eigenvalue weighted by Gasteiger charge is 2.19. The van der Waals surface area contributed by atoms with Crippen molar-refractivity contribution >= 4 is 0 Å². The summed E-state index contributed by atoms with van der Waals surface area (Å²) in [6, 6.07) is 0. The second-order valence-corrected chi connectivity index (χ2v) is 4.57. The summed E-state index contributed by atoms with van der Waals surface area (Å²) in [5, 5.41) is 0. The van der Waals surface area contributed by atoms with Crippen LogP contribution in [0.2, 0.25) is 0 Å². The Labute approximate surface area is 88.8 Å². The standard InChI is InChI=1S/C12H26N2/c1-2-12-7-10-14(11-12)9-6-4-3-5-8-13/h12H,2-11,13H2,1H3. The second-order valence-electron chi connectivity index (χ2n) is 4.57. The van der Waals surface area contributed by atoms with E-state index in [-0.39, 0.29) is 0 Å². The van der Waals surface area contributed by atoms with Gasteiger partial charge in [-0.25, -0.2) is 0 Å². The van der Waals surface area contributed by atoms with E-state index in [0.29, 0.717) is 0 Å². The van der Waals surface area contributed by atoms with Crippen molar-refractivity contribution in [3.05, 3.63) is 0 Å². The van der Waals surface area contributed by atoms with Crippen molar-refractivity contribution in [2.45, 2.75) is 45.4 Å². The van der Waals surface area contributed by atoms with Gasteiger partial charge in [0, 0.05) is 6.54 Å². The average molecular weight is 198 g/mol.